The lowest BCUT2D eigenvalue weighted by molar-refractivity contribution is 0.0996. The Labute approximate surface area is 171 Å². The molecule has 2 aromatic heterocycles. The van der Waals surface area contributed by atoms with Crippen LogP contribution in [0.2, 0.25) is 0 Å². The zero-order valence-corrected chi connectivity index (χ0v) is 16.5. The molecule has 4 aromatic rings. The van der Waals surface area contributed by atoms with Gasteiger partial charge in [-0.25, -0.2) is 0 Å². The Morgan fingerprint density at radius 1 is 0.724 bits per heavy atom. The molecule has 1 aliphatic heterocycles. The molecule has 0 spiro atoms. The van der Waals surface area contributed by atoms with Crippen molar-refractivity contribution in [2.75, 3.05) is 26.2 Å². The Bertz CT molecular complexity index is 1080. The maximum absolute atomic E-state index is 4.55. The van der Waals surface area contributed by atoms with Crippen molar-refractivity contribution in [3.8, 4) is 11.3 Å². The Balaban J connectivity index is 1.22. The third-order valence-corrected chi connectivity index (χ3v) is 5.77. The second kappa shape index (κ2) is 8.15. The third-order valence-electron chi connectivity index (χ3n) is 5.77. The van der Waals surface area contributed by atoms with Gasteiger partial charge in [-0.05, 0) is 34.5 Å². The average Bonchev–Trinajstić information content (AvgIpc) is 3.24. The summed E-state index contributed by atoms with van der Waals surface area (Å²) < 4.78 is 2.09. The molecule has 0 bridgehead atoms. The van der Waals surface area contributed by atoms with E-state index in [9.17, 15) is 0 Å². The number of piperazine rings is 1. The van der Waals surface area contributed by atoms with Crippen LogP contribution in [0.4, 0.5) is 0 Å². The van der Waals surface area contributed by atoms with E-state index in [1.165, 1.54) is 16.3 Å². The van der Waals surface area contributed by atoms with Crippen LogP contribution in [0, 0.1) is 0 Å². The molecule has 3 heterocycles. The number of fused-ring (bicyclic) bond motifs is 1. The van der Waals surface area contributed by atoms with E-state index in [2.05, 4.69) is 73.1 Å². The van der Waals surface area contributed by atoms with Gasteiger partial charge in [0.2, 0.25) is 0 Å². The minimum absolute atomic E-state index is 0.826. The molecule has 0 saturated carbocycles. The molecule has 0 N–H and O–H groups in total. The van der Waals surface area contributed by atoms with E-state index < -0.39 is 0 Å². The predicted octanol–water partition coefficient (Wildman–Crippen LogP) is 3.87. The molecule has 1 fully saturated rings. The van der Waals surface area contributed by atoms with Gasteiger partial charge in [-0.2, -0.15) is 5.10 Å². The van der Waals surface area contributed by atoms with Crippen molar-refractivity contribution in [1.29, 1.82) is 0 Å². The highest BCUT2D eigenvalue weighted by Crippen LogP contribution is 2.21. The second-order valence-corrected chi connectivity index (χ2v) is 7.63. The van der Waals surface area contributed by atoms with Crippen LogP contribution in [0.25, 0.3) is 22.0 Å². The largest absolute Gasteiger partial charge is 0.297 e. The van der Waals surface area contributed by atoms with E-state index in [1.54, 1.807) is 0 Å². The molecule has 5 heteroatoms. The van der Waals surface area contributed by atoms with Crippen molar-refractivity contribution < 1.29 is 0 Å². The lowest BCUT2D eigenvalue weighted by atomic mass is 10.0. The SMILES string of the molecule is c1ccc2c(CN3CCN(Cn4nccc4-c4ccncc4)CC3)cccc2c1. The summed E-state index contributed by atoms with van der Waals surface area (Å²) in [4.78, 5) is 9.16. The molecule has 146 valence electrons. The van der Waals surface area contributed by atoms with E-state index >= 15 is 0 Å². The smallest absolute Gasteiger partial charge is 0.0936 e. The van der Waals surface area contributed by atoms with Crippen molar-refractivity contribution in [2.45, 2.75) is 13.2 Å². The van der Waals surface area contributed by atoms with Crippen LogP contribution < -0.4 is 0 Å². The molecular formula is C24H25N5. The van der Waals surface area contributed by atoms with Gasteiger partial charge in [0.05, 0.1) is 12.4 Å². The summed E-state index contributed by atoms with van der Waals surface area (Å²) in [7, 11) is 0. The van der Waals surface area contributed by atoms with Crippen molar-refractivity contribution in [2.24, 2.45) is 0 Å². The molecule has 0 unspecified atom stereocenters. The van der Waals surface area contributed by atoms with E-state index in [4.69, 9.17) is 0 Å². The fourth-order valence-corrected chi connectivity index (χ4v) is 4.16. The van der Waals surface area contributed by atoms with E-state index in [1.807, 2.05) is 30.7 Å². The summed E-state index contributed by atoms with van der Waals surface area (Å²) >= 11 is 0. The maximum atomic E-state index is 4.55. The molecule has 0 atom stereocenters. The number of hydrogen-bond donors (Lipinski definition) is 0. The first-order chi connectivity index (χ1) is 14.4. The van der Waals surface area contributed by atoms with Crippen molar-refractivity contribution in [1.82, 2.24) is 24.6 Å². The average molecular weight is 383 g/mol. The Morgan fingerprint density at radius 2 is 1.48 bits per heavy atom. The number of pyridine rings is 1. The molecule has 5 rings (SSSR count). The van der Waals surface area contributed by atoms with E-state index in [0.29, 0.717) is 0 Å². The van der Waals surface area contributed by atoms with Gasteiger partial charge in [-0.15, -0.1) is 0 Å². The molecule has 5 nitrogen and oxygen atoms in total. The fraction of sp³-hybridized carbons (Fsp3) is 0.250. The van der Waals surface area contributed by atoms with Gasteiger partial charge in [0.1, 0.15) is 0 Å². The summed E-state index contributed by atoms with van der Waals surface area (Å²) in [6.45, 7) is 6.11. The zero-order valence-electron chi connectivity index (χ0n) is 16.5. The number of benzene rings is 2. The molecular weight excluding hydrogens is 358 g/mol. The van der Waals surface area contributed by atoms with E-state index in [-0.39, 0.29) is 0 Å². The van der Waals surface area contributed by atoms with Gasteiger partial charge in [-0.1, -0.05) is 42.5 Å². The zero-order chi connectivity index (χ0) is 19.5. The summed E-state index contributed by atoms with van der Waals surface area (Å²) in [6.07, 6.45) is 5.55. The summed E-state index contributed by atoms with van der Waals surface area (Å²) in [6, 6.07) is 21.5. The van der Waals surface area contributed by atoms with Crippen LogP contribution in [0.15, 0.2) is 79.3 Å². The molecule has 0 aliphatic carbocycles. The molecule has 2 aromatic carbocycles. The highest BCUT2D eigenvalue weighted by atomic mass is 15.4. The Kier molecular flexibility index (Phi) is 5.07. The van der Waals surface area contributed by atoms with Crippen LogP contribution in [0.1, 0.15) is 5.56 Å². The Morgan fingerprint density at radius 3 is 2.34 bits per heavy atom. The molecule has 0 amide bonds. The highest BCUT2D eigenvalue weighted by Gasteiger charge is 2.19. The quantitative estimate of drug-likeness (QED) is 0.524. The molecule has 29 heavy (non-hydrogen) atoms. The van der Waals surface area contributed by atoms with Crippen LogP contribution >= 0.6 is 0 Å². The van der Waals surface area contributed by atoms with Gasteiger partial charge < -0.3 is 0 Å². The second-order valence-electron chi connectivity index (χ2n) is 7.63. The van der Waals surface area contributed by atoms with Gasteiger partial charge in [0.25, 0.3) is 0 Å². The lowest BCUT2D eigenvalue weighted by Gasteiger charge is -2.35. The van der Waals surface area contributed by atoms with E-state index in [0.717, 1.165) is 50.6 Å². The van der Waals surface area contributed by atoms with Crippen molar-refractivity contribution in [3.63, 3.8) is 0 Å². The molecule has 0 radical (unpaired) electrons. The lowest BCUT2D eigenvalue weighted by Crippen LogP contribution is -2.46. The normalized spacial score (nSPS) is 15.7. The number of nitrogens with zero attached hydrogens (tertiary/aromatic N) is 5. The highest BCUT2D eigenvalue weighted by molar-refractivity contribution is 5.85. The number of aromatic nitrogens is 3. The first-order valence-corrected chi connectivity index (χ1v) is 10.2. The van der Waals surface area contributed by atoms with Crippen LogP contribution in [-0.2, 0) is 13.2 Å². The first kappa shape index (κ1) is 18.0. The molecule has 1 saturated heterocycles. The topological polar surface area (TPSA) is 37.2 Å². The summed E-state index contributed by atoms with van der Waals surface area (Å²) in [5.41, 5.74) is 3.72. The van der Waals surface area contributed by atoms with Gasteiger partial charge >= 0.3 is 0 Å². The molecule has 1 aliphatic rings. The van der Waals surface area contributed by atoms with Gasteiger partial charge in [0, 0.05) is 56.9 Å². The third kappa shape index (κ3) is 3.92. The minimum atomic E-state index is 0.826. The first-order valence-electron chi connectivity index (χ1n) is 10.2. The number of rotatable bonds is 5. The predicted molar refractivity (Wildman–Crippen MR) is 116 cm³/mol. The monoisotopic (exact) mass is 383 g/mol. The van der Waals surface area contributed by atoms with Gasteiger partial charge in [-0.3, -0.25) is 19.5 Å². The van der Waals surface area contributed by atoms with Gasteiger partial charge in [0.15, 0.2) is 0 Å². The van der Waals surface area contributed by atoms with Crippen LogP contribution in [0.3, 0.4) is 0 Å². The fourth-order valence-electron chi connectivity index (χ4n) is 4.16. The summed E-state index contributed by atoms with van der Waals surface area (Å²) in [5, 5.41) is 7.24. The van der Waals surface area contributed by atoms with Crippen molar-refractivity contribution in [3.05, 3.63) is 84.8 Å². The van der Waals surface area contributed by atoms with Crippen molar-refractivity contribution >= 4 is 10.8 Å². The maximum Gasteiger partial charge on any atom is 0.0936 e. The standard InChI is InChI=1S/C24H25N5/c1-2-7-23-20(4-1)5-3-6-22(23)18-27-14-16-28(17-15-27)19-29-24(10-13-26-29)21-8-11-25-12-9-21/h1-13H,14-19H2. The Hall–Kier alpha value is -3.02. The van der Waals surface area contributed by atoms with Crippen LogP contribution in [-0.4, -0.2) is 50.7 Å². The summed E-state index contributed by atoms with van der Waals surface area (Å²) in [5.74, 6) is 0. The van der Waals surface area contributed by atoms with Crippen LogP contribution in [0.5, 0.6) is 0 Å². The number of hydrogen-bond acceptors (Lipinski definition) is 4. The minimum Gasteiger partial charge on any atom is -0.297 e.